The zero-order valence-corrected chi connectivity index (χ0v) is 15.3. The van der Waals surface area contributed by atoms with Crippen LogP contribution < -0.4 is 4.74 Å². The van der Waals surface area contributed by atoms with Gasteiger partial charge in [0.05, 0.1) is 7.11 Å². The third kappa shape index (κ3) is 3.85. The number of carboxylic acids is 1. The first kappa shape index (κ1) is 18.3. The van der Waals surface area contributed by atoms with Crippen LogP contribution in [0.2, 0.25) is 0 Å². The summed E-state index contributed by atoms with van der Waals surface area (Å²) >= 11 is 1.58. The van der Waals surface area contributed by atoms with E-state index in [1.807, 2.05) is 54.6 Å². The minimum Gasteiger partial charge on any atom is -0.496 e. The first-order valence-corrected chi connectivity index (χ1v) is 9.49. The summed E-state index contributed by atoms with van der Waals surface area (Å²) in [5, 5.41) is 9.48. The number of hydrogen-bond donors (Lipinski definition) is 1. The summed E-state index contributed by atoms with van der Waals surface area (Å²) < 4.78 is 5.44. The van der Waals surface area contributed by atoms with Crippen molar-refractivity contribution in [2.24, 2.45) is 0 Å². The number of nitrogens with zero attached hydrogens (tertiary/aromatic N) is 1. The van der Waals surface area contributed by atoms with Crippen LogP contribution in [-0.2, 0) is 16.0 Å². The van der Waals surface area contributed by atoms with E-state index >= 15 is 0 Å². The molecular weight excluding hydrogens is 350 g/mol. The molecule has 1 aliphatic rings. The monoisotopic (exact) mass is 371 g/mol. The van der Waals surface area contributed by atoms with E-state index in [1.54, 1.807) is 18.9 Å². The van der Waals surface area contributed by atoms with Crippen LogP contribution in [0.15, 0.2) is 54.6 Å². The number of amides is 1. The molecule has 2 atom stereocenters. The smallest absolute Gasteiger partial charge is 0.326 e. The Morgan fingerprint density at radius 1 is 1.23 bits per heavy atom. The number of hydrogen-bond acceptors (Lipinski definition) is 4. The van der Waals surface area contributed by atoms with Crippen molar-refractivity contribution in [2.45, 2.75) is 24.3 Å². The van der Waals surface area contributed by atoms with Crippen LogP contribution in [-0.4, -0.2) is 40.8 Å². The van der Waals surface area contributed by atoms with E-state index < -0.39 is 12.0 Å². The SMILES string of the molecule is COc1ccccc1C1SCCC(=O)N1[C@@H](Cc1ccccc1)C(=O)O. The average molecular weight is 371 g/mol. The van der Waals surface area contributed by atoms with Crippen LogP contribution in [0.5, 0.6) is 5.75 Å². The molecule has 0 saturated carbocycles. The van der Waals surface area contributed by atoms with Gasteiger partial charge in [-0.1, -0.05) is 48.5 Å². The number of ether oxygens (including phenoxy) is 1. The van der Waals surface area contributed by atoms with Gasteiger partial charge in [-0.25, -0.2) is 4.79 Å². The summed E-state index contributed by atoms with van der Waals surface area (Å²) in [5.41, 5.74) is 1.72. The Labute approximate surface area is 157 Å². The third-order valence-electron chi connectivity index (χ3n) is 4.43. The first-order valence-electron chi connectivity index (χ1n) is 8.44. The molecule has 1 fully saturated rings. The van der Waals surface area contributed by atoms with E-state index in [-0.39, 0.29) is 17.7 Å². The molecule has 2 aromatic carbocycles. The molecule has 136 valence electrons. The molecule has 5 nitrogen and oxygen atoms in total. The number of carbonyl (C=O) groups excluding carboxylic acids is 1. The molecule has 1 heterocycles. The van der Waals surface area contributed by atoms with Gasteiger partial charge in [0.1, 0.15) is 17.2 Å². The Morgan fingerprint density at radius 2 is 1.92 bits per heavy atom. The van der Waals surface area contributed by atoms with Crippen molar-refractivity contribution in [1.82, 2.24) is 4.90 Å². The number of para-hydroxylation sites is 1. The molecule has 3 rings (SSSR count). The van der Waals surface area contributed by atoms with Crippen LogP contribution in [0, 0.1) is 0 Å². The molecule has 1 unspecified atom stereocenters. The number of benzene rings is 2. The van der Waals surface area contributed by atoms with Crippen molar-refractivity contribution in [3.8, 4) is 5.75 Å². The zero-order valence-electron chi connectivity index (χ0n) is 14.5. The van der Waals surface area contributed by atoms with Gasteiger partial charge in [-0.2, -0.15) is 0 Å². The molecule has 0 radical (unpaired) electrons. The van der Waals surface area contributed by atoms with Gasteiger partial charge in [0, 0.05) is 24.2 Å². The molecule has 0 spiro atoms. The number of rotatable bonds is 6. The molecule has 2 aromatic rings. The maximum atomic E-state index is 12.7. The molecule has 0 bridgehead atoms. The molecule has 0 aliphatic carbocycles. The number of aliphatic carboxylic acids is 1. The molecule has 1 saturated heterocycles. The molecular formula is C20H21NO4S. The largest absolute Gasteiger partial charge is 0.496 e. The van der Waals surface area contributed by atoms with E-state index in [4.69, 9.17) is 4.74 Å². The highest BCUT2D eigenvalue weighted by Gasteiger charge is 2.39. The molecule has 26 heavy (non-hydrogen) atoms. The predicted octanol–water partition coefficient (Wildman–Crippen LogP) is 3.36. The van der Waals surface area contributed by atoms with Gasteiger partial charge in [-0.05, 0) is 11.6 Å². The van der Waals surface area contributed by atoms with Crippen molar-refractivity contribution in [2.75, 3.05) is 12.9 Å². The first-order chi connectivity index (χ1) is 12.6. The van der Waals surface area contributed by atoms with Crippen LogP contribution in [0.3, 0.4) is 0 Å². The predicted molar refractivity (Wildman–Crippen MR) is 101 cm³/mol. The second-order valence-electron chi connectivity index (χ2n) is 6.06. The Bertz CT molecular complexity index is 780. The van der Waals surface area contributed by atoms with Crippen molar-refractivity contribution in [1.29, 1.82) is 0 Å². The number of carboxylic acid groups (broad SMARTS) is 1. The lowest BCUT2D eigenvalue weighted by atomic mass is 10.0. The minimum absolute atomic E-state index is 0.136. The summed E-state index contributed by atoms with van der Waals surface area (Å²) in [5.74, 6) is 0.191. The van der Waals surface area contributed by atoms with Crippen molar-refractivity contribution in [3.05, 3.63) is 65.7 Å². The summed E-state index contributed by atoms with van der Waals surface area (Å²) in [7, 11) is 1.58. The number of thioether (sulfide) groups is 1. The fourth-order valence-corrected chi connectivity index (χ4v) is 4.50. The van der Waals surface area contributed by atoms with E-state index in [9.17, 15) is 14.7 Å². The lowest BCUT2D eigenvalue weighted by Gasteiger charge is -2.39. The fourth-order valence-electron chi connectivity index (χ4n) is 3.19. The van der Waals surface area contributed by atoms with Gasteiger partial charge in [-0.3, -0.25) is 4.79 Å². The van der Waals surface area contributed by atoms with E-state index in [1.165, 1.54) is 4.90 Å². The summed E-state index contributed by atoms with van der Waals surface area (Å²) in [6, 6.07) is 15.9. The fraction of sp³-hybridized carbons (Fsp3) is 0.300. The third-order valence-corrected chi connectivity index (χ3v) is 5.67. The molecule has 1 aliphatic heterocycles. The summed E-state index contributed by atoms with van der Waals surface area (Å²) in [4.78, 5) is 26.3. The quantitative estimate of drug-likeness (QED) is 0.843. The Kier molecular flexibility index (Phi) is 5.83. The van der Waals surface area contributed by atoms with Crippen molar-refractivity contribution >= 4 is 23.6 Å². The summed E-state index contributed by atoms with van der Waals surface area (Å²) in [6.45, 7) is 0. The van der Waals surface area contributed by atoms with E-state index in [2.05, 4.69) is 0 Å². The maximum Gasteiger partial charge on any atom is 0.326 e. The zero-order chi connectivity index (χ0) is 18.5. The highest BCUT2D eigenvalue weighted by molar-refractivity contribution is 7.99. The Morgan fingerprint density at radius 3 is 2.62 bits per heavy atom. The van der Waals surface area contributed by atoms with Crippen molar-refractivity contribution in [3.63, 3.8) is 0 Å². The van der Waals surface area contributed by atoms with Crippen LogP contribution >= 0.6 is 11.8 Å². The average Bonchev–Trinajstić information content (AvgIpc) is 2.67. The second-order valence-corrected chi connectivity index (χ2v) is 7.25. The maximum absolute atomic E-state index is 12.7. The molecule has 6 heteroatoms. The Balaban J connectivity index is 1.98. The molecule has 1 amide bonds. The van der Waals surface area contributed by atoms with Gasteiger partial charge in [0.2, 0.25) is 5.91 Å². The molecule has 1 N–H and O–H groups in total. The minimum atomic E-state index is -0.996. The lowest BCUT2D eigenvalue weighted by molar-refractivity contribution is -0.151. The van der Waals surface area contributed by atoms with Gasteiger partial charge >= 0.3 is 5.97 Å². The van der Waals surface area contributed by atoms with Crippen LogP contribution in [0.4, 0.5) is 0 Å². The Hall–Kier alpha value is -2.47. The van der Waals surface area contributed by atoms with Gasteiger partial charge in [0.15, 0.2) is 0 Å². The number of methoxy groups -OCH3 is 1. The van der Waals surface area contributed by atoms with Gasteiger partial charge < -0.3 is 14.7 Å². The highest BCUT2D eigenvalue weighted by atomic mass is 32.2. The van der Waals surface area contributed by atoms with Gasteiger partial charge in [-0.15, -0.1) is 11.8 Å². The van der Waals surface area contributed by atoms with E-state index in [0.29, 0.717) is 17.9 Å². The van der Waals surface area contributed by atoms with Crippen molar-refractivity contribution < 1.29 is 19.4 Å². The molecule has 0 aromatic heterocycles. The lowest BCUT2D eigenvalue weighted by Crippen LogP contribution is -2.49. The topological polar surface area (TPSA) is 66.8 Å². The van der Waals surface area contributed by atoms with Gasteiger partial charge in [0.25, 0.3) is 0 Å². The standard InChI is InChI=1S/C20H21NO4S/c1-25-17-10-6-5-9-15(17)19-21(18(22)11-12-26-19)16(20(23)24)13-14-7-3-2-4-8-14/h2-10,16,19H,11-13H2,1H3,(H,23,24)/t16-,19?/m0/s1. The van der Waals surface area contributed by atoms with Crippen LogP contribution in [0.25, 0.3) is 0 Å². The summed E-state index contributed by atoms with van der Waals surface area (Å²) in [6.07, 6.45) is 0.614. The van der Waals surface area contributed by atoms with Crippen LogP contribution in [0.1, 0.15) is 22.9 Å². The normalized spacial score (nSPS) is 18.4. The number of carbonyl (C=O) groups is 2. The highest BCUT2D eigenvalue weighted by Crippen LogP contribution is 2.42. The van der Waals surface area contributed by atoms with E-state index in [0.717, 1.165) is 11.1 Å². The second kappa shape index (κ2) is 8.27.